The van der Waals surface area contributed by atoms with E-state index in [0.717, 1.165) is 0 Å². The van der Waals surface area contributed by atoms with Crippen molar-refractivity contribution in [3.63, 3.8) is 0 Å². The van der Waals surface area contributed by atoms with Gasteiger partial charge in [0.1, 0.15) is 5.82 Å². The molecule has 2 nitrogen and oxygen atoms in total. The second kappa shape index (κ2) is 4.28. The zero-order valence-corrected chi connectivity index (χ0v) is 9.81. The highest BCUT2D eigenvalue weighted by Crippen LogP contribution is 2.31. The normalized spacial score (nSPS) is 13.3. The van der Waals surface area contributed by atoms with Crippen molar-refractivity contribution in [1.29, 1.82) is 0 Å². The van der Waals surface area contributed by atoms with Crippen LogP contribution in [0.2, 0.25) is 0 Å². The van der Waals surface area contributed by atoms with E-state index >= 15 is 0 Å². The van der Waals surface area contributed by atoms with Crippen molar-refractivity contribution in [1.82, 2.24) is 0 Å². The van der Waals surface area contributed by atoms with Crippen LogP contribution in [-0.2, 0) is 0 Å². The Morgan fingerprint density at radius 1 is 1.36 bits per heavy atom. The van der Waals surface area contributed by atoms with Crippen molar-refractivity contribution in [2.45, 2.75) is 19.9 Å². The Bertz CT molecular complexity index is 339. The second-order valence-corrected chi connectivity index (χ2v) is 4.51. The summed E-state index contributed by atoms with van der Waals surface area (Å²) in [6.45, 7) is 3.95. The number of halogens is 2. The molecule has 78 valence electrons. The summed E-state index contributed by atoms with van der Waals surface area (Å²) >= 11 is 3.19. The van der Waals surface area contributed by atoms with Crippen LogP contribution in [0.4, 0.5) is 10.1 Å². The lowest BCUT2D eigenvalue weighted by molar-refractivity contribution is 0.511. The molecule has 0 fully saturated rings. The van der Waals surface area contributed by atoms with Crippen LogP contribution in [0.3, 0.4) is 0 Å². The maximum atomic E-state index is 13.1. The minimum absolute atomic E-state index is 0.228. The molecule has 0 aliphatic heterocycles. The van der Waals surface area contributed by atoms with Gasteiger partial charge >= 0.3 is 0 Å². The lowest BCUT2D eigenvalue weighted by Crippen LogP contribution is -2.18. The average Bonchev–Trinajstić information content (AvgIpc) is 2.09. The average molecular weight is 261 g/mol. The van der Waals surface area contributed by atoms with E-state index in [1.807, 2.05) is 13.8 Å². The molecule has 0 unspecified atom stereocenters. The van der Waals surface area contributed by atoms with E-state index in [4.69, 9.17) is 11.5 Å². The van der Waals surface area contributed by atoms with Gasteiger partial charge in [0.15, 0.2) is 0 Å². The fraction of sp³-hybridized carbons (Fsp3) is 0.400. The van der Waals surface area contributed by atoms with E-state index in [1.165, 1.54) is 12.1 Å². The van der Waals surface area contributed by atoms with Gasteiger partial charge in [0.25, 0.3) is 0 Å². The first-order chi connectivity index (χ1) is 6.43. The Balaban J connectivity index is 3.20. The molecule has 14 heavy (non-hydrogen) atoms. The zero-order chi connectivity index (χ0) is 10.9. The van der Waals surface area contributed by atoms with E-state index in [9.17, 15) is 4.39 Å². The molecule has 4 heteroatoms. The molecule has 1 aromatic carbocycles. The second-order valence-electron chi connectivity index (χ2n) is 3.66. The Kier molecular flexibility index (Phi) is 3.50. The summed E-state index contributed by atoms with van der Waals surface area (Å²) in [5, 5.41) is 0. The monoisotopic (exact) mass is 260 g/mol. The van der Waals surface area contributed by atoms with Crippen molar-refractivity contribution >= 4 is 21.6 Å². The number of nitrogen functional groups attached to an aromatic ring is 1. The van der Waals surface area contributed by atoms with Crippen LogP contribution in [0.15, 0.2) is 16.6 Å². The minimum atomic E-state index is -0.322. The van der Waals surface area contributed by atoms with Gasteiger partial charge in [0.05, 0.1) is 5.69 Å². The van der Waals surface area contributed by atoms with Gasteiger partial charge in [-0.1, -0.05) is 13.8 Å². The number of rotatable bonds is 2. The molecular formula is C10H14BrFN2. The molecule has 0 radical (unpaired) electrons. The third kappa shape index (κ3) is 2.25. The first kappa shape index (κ1) is 11.5. The molecule has 0 saturated heterocycles. The quantitative estimate of drug-likeness (QED) is 0.804. The molecule has 0 aromatic heterocycles. The van der Waals surface area contributed by atoms with Crippen LogP contribution in [0.5, 0.6) is 0 Å². The number of benzene rings is 1. The zero-order valence-electron chi connectivity index (χ0n) is 8.22. The van der Waals surface area contributed by atoms with E-state index in [0.29, 0.717) is 15.7 Å². The Hall–Kier alpha value is -0.610. The Morgan fingerprint density at radius 2 is 1.93 bits per heavy atom. The first-order valence-corrected chi connectivity index (χ1v) is 5.22. The van der Waals surface area contributed by atoms with E-state index < -0.39 is 0 Å². The molecule has 1 atom stereocenters. The lowest BCUT2D eigenvalue weighted by Gasteiger charge is -2.18. The van der Waals surface area contributed by atoms with Gasteiger partial charge in [-0.3, -0.25) is 0 Å². The Morgan fingerprint density at radius 3 is 2.43 bits per heavy atom. The minimum Gasteiger partial charge on any atom is -0.398 e. The predicted molar refractivity (Wildman–Crippen MR) is 60.3 cm³/mol. The smallest absolute Gasteiger partial charge is 0.124 e. The van der Waals surface area contributed by atoms with E-state index in [2.05, 4.69) is 15.9 Å². The van der Waals surface area contributed by atoms with E-state index in [-0.39, 0.29) is 17.8 Å². The third-order valence-electron chi connectivity index (χ3n) is 2.20. The van der Waals surface area contributed by atoms with Gasteiger partial charge in [-0.05, 0) is 39.5 Å². The predicted octanol–water partition coefficient (Wildman–Crippen LogP) is 2.83. The van der Waals surface area contributed by atoms with Gasteiger partial charge < -0.3 is 11.5 Å². The summed E-state index contributed by atoms with van der Waals surface area (Å²) in [6, 6.07) is 2.50. The summed E-state index contributed by atoms with van der Waals surface area (Å²) in [4.78, 5) is 0. The lowest BCUT2D eigenvalue weighted by atomic mass is 9.96. The van der Waals surface area contributed by atoms with Crippen LogP contribution < -0.4 is 11.5 Å². The molecule has 0 aliphatic carbocycles. The number of anilines is 1. The molecule has 1 rings (SSSR count). The van der Waals surface area contributed by atoms with Gasteiger partial charge in [0, 0.05) is 10.5 Å². The molecule has 0 bridgehead atoms. The number of nitrogens with two attached hydrogens (primary N) is 2. The maximum Gasteiger partial charge on any atom is 0.124 e. The molecule has 0 amide bonds. The van der Waals surface area contributed by atoms with Crippen LogP contribution in [0.25, 0.3) is 0 Å². The summed E-state index contributed by atoms with van der Waals surface area (Å²) in [6.07, 6.45) is 0. The van der Waals surface area contributed by atoms with Crippen molar-refractivity contribution in [3.8, 4) is 0 Å². The maximum absolute atomic E-state index is 13.1. The summed E-state index contributed by atoms with van der Waals surface area (Å²) in [5.74, 6) is -0.0943. The topological polar surface area (TPSA) is 52.0 Å². The standard InChI is InChI=1S/C10H14BrFN2/c1-5(2)9(13)7-3-6(12)4-8(11)10(7)14/h3-5,9H,13-14H2,1-2H3/t9-/m0/s1. The van der Waals surface area contributed by atoms with Crippen molar-refractivity contribution in [2.24, 2.45) is 11.7 Å². The van der Waals surface area contributed by atoms with Gasteiger partial charge in [-0.25, -0.2) is 4.39 Å². The largest absolute Gasteiger partial charge is 0.398 e. The molecule has 0 aliphatic rings. The third-order valence-corrected chi connectivity index (χ3v) is 2.86. The van der Waals surface area contributed by atoms with Crippen molar-refractivity contribution in [2.75, 3.05) is 5.73 Å². The van der Waals surface area contributed by atoms with Crippen LogP contribution in [0.1, 0.15) is 25.5 Å². The molecular weight excluding hydrogens is 247 g/mol. The SMILES string of the molecule is CC(C)[C@H](N)c1cc(F)cc(Br)c1N. The molecule has 0 saturated carbocycles. The Labute approximate surface area is 91.6 Å². The fourth-order valence-corrected chi connectivity index (χ4v) is 1.69. The number of hydrogen-bond acceptors (Lipinski definition) is 2. The van der Waals surface area contributed by atoms with Crippen LogP contribution in [0, 0.1) is 11.7 Å². The highest BCUT2D eigenvalue weighted by atomic mass is 79.9. The fourth-order valence-electron chi connectivity index (χ4n) is 1.24. The van der Waals surface area contributed by atoms with Crippen LogP contribution >= 0.6 is 15.9 Å². The summed E-state index contributed by atoms with van der Waals surface area (Å²) in [5.41, 5.74) is 12.9. The van der Waals surface area contributed by atoms with Gasteiger partial charge in [-0.2, -0.15) is 0 Å². The van der Waals surface area contributed by atoms with Crippen LogP contribution in [-0.4, -0.2) is 0 Å². The molecule has 0 heterocycles. The van der Waals surface area contributed by atoms with E-state index in [1.54, 1.807) is 0 Å². The summed E-state index contributed by atoms with van der Waals surface area (Å²) in [7, 11) is 0. The molecule has 4 N–H and O–H groups in total. The number of hydrogen-bond donors (Lipinski definition) is 2. The van der Waals surface area contributed by atoms with Gasteiger partial charge in [-0.15, -0.1) is 0 Å². The van der Waals surface area contributed by atoms with Crippen molar-refractivity contribution < 1.29 is 4.39 Å². The molecule has 1 aromatic rings. The highest BCUT2D eigenvalue weighted by Gasteiger charge is 2.16. The molecule has 0 spiro atoms. The first-order valence-electron chi connectivity index (χ1n) is 4.43. The van der Waals surface area contributed by atoms with Gasteiger partial charge in [0.2, 0.25) is 0 Å². The highest BCUT2D eigenvalue weighted by molar-refractivity contribution is 9.10. The summed E-state index contributed by atoms with van der Waals surface area (Å²) < 4.78 is 13.6. The van der Waals surface area contributed by atoms with Crippen molar-refractivity contribution in [3.05, 3.63) is 28.0 Å².